The zero-order valence-electron chi connectivity index (χ0n) is 21.1. The first kappa shape index (κ1) is 29.3. The highest BCUT2D eigenvalue weighted by Crippen LogP contribution is 2.42. The van der Waals surface area contributed by atoms with E-state index in [2.05, 4.69) is 29.9 Å². The summed E-state index contributed by atoms with van der Waals surface area (Å²) in [5.41, 5.74) is 5.63. The first-order valence-electron chi connectivity index (χ1n) is 11.4. The molecule has 16 heteroatoms. The van der Waals surface area contributed by atoms with Crippen LogP contribution in [0.2, 0.25) is 0 Å². The highest BCUT2D eigenvalue weighted by molar-refractivity contribution is 7.59. The van der Waals surface area contributed by atoms with E-state index in [0.29, 0.717) is 16.7 Å². The number of ether oxygens (including phenoxy) is 2. The second kappa shape index (κ2) is 11.2. The predicted molar refractivity (Wildman–Crippen MR) is 132 cm³/mol. The van der Waals surface area contributed by atoms with Gasteiger partial charge in [-0.1, -0.05) is 12.1 Å². The summed E-state index contributed by atoms with van der Waals surface area (Å²) in [4.78, 5) is 24.0. The fraction of sp³-hybridized carbons (Fsp3) is 0.455. The number of hydrogen-bond donors (Lipinski definition) is 4. The SMILES string of the molecule is C[C@H](Cn1cnc2c(N)ncnc21)OC[P@@](=O)(N[C@H](C)c1ccc(OC(F)(F)F)cc1)NC(C)(C)C(=O)O. The number of anilines is 1. The number of fused-ring (bicyclic) bond motifs is 1. The largest absolute Gasteiger partial charge is 0.573 e. The average Bonchev–Trinajstić information content (AvgIpc) is 3.20. The molecular weight excluding hydrogens is 530 g/mol. The zero-order chi connectivity index (χ0) is 28.3. The third kappa shape index (κ3) is 7.63. The first-order chi connectivity index (χ1) is 17.6. The quantitative estimate of drug-likeness (QED) is 0.239. The van der Waals surface area contributed by atoms with Crippen molar-refractivity contribution in [2.75, 3.05) is 12.1 Å². The van der Waals surface area contributed by atoms with Crippen LogP contribution in [0, 0.1) is 0 Å². The Labute approximate surface area is 216 Å². The Balaban J connectivity index is 1.73. The standard InChI is InChI=1S/C22H29F3N7O5P/c1-13(9-32-11-29-17-18(26)27-10-28-19(17)32)36-12-38(35,31-21(3,4)20(33)34)30-14(2)15-5-7-16(8-6-15)37-22(23,24)25/h5-8,10-11,13-14H,9,12H2,1-4H3,(H,33,34)(H2,26,27,28)(H2,30,31,35)/t13-,14-,38-/m1/s1. The van der Waals surface area contributed by atoms with E-state index in [-0.39, 0.29) is 12.4 Å². The van der Waals surface area contributed by atoms with E-state index in [1.54, 1.807) is 18.4 Å². The molecule has 0 bridgehead atoms. The molecule has 208 valence electrons. The number of nitrogens with one attached hydrogen (secondary N) is 2. The summed E-state index contributed by atoms with van der Waals surface area (Å²) in [6.07, 6.45) is -2.91. The molecular formula is C22H29F3N7O5P. The summed E-state index contributed by atoms with van der Waals surface area (Å²) in [7, 11) is -3.75. The molecule has 3 aromatic rings. The molecule has 0 amide bonds. The predicted octanol–water partition coefficient (Wildman–Crippen LogP) is 3.67. The summed E-state index contributed by atoms with van der Waals surface area (Å²) in [5.74, 6) is -1.42. The first-order valence-corrected chi connectivity index (χ1v) is 13.3. The van der Waals surface area contributed by atoms with Crippen LogP contribution in [-0.4, -0.2) is 54.9 Å². The Morgan fingerprint density at radius 2 is 1.84 bits per heavy atom. The zero-order valence-corrected chi connectivity index (χ0v) is 22.0. The van der Waals surface area contributed by atoms with Gasteiger partial charge in [-0.2, -0.15) is 0 Å². The van der Waals surface area contributed by atoms with Crippen molar-refractivity contribution < 1.29 is 37.1 Å². The van der Waals surface area contributed by atoms with E-state index in [1.807, 2.05) is 0 Å². The lowest BCUT2D eigenvalue weighted by Crippen LogP contribution is -2.47. The normalized spacial score (nSPS) is 15.7. The van der Waals surface area contributed by atoms with Gasteiger partial charge in [-0.25, -0.2) is 25.1 Å². The molecule has 3 rings (SSSR count). The molecule has 0 spiro atoms. The van der Waals surface area contributed by atoms with E-state index in [9.17, 15) is 27.6 Å². The molecule has 0 fully saturated rings. The van der Waals surface area contributed by atoms with Crippen molar-refractivity contribution in [1.82, 2.24) is 29.7 Å². The van der Waals surface area contributed by atoms with Crippen molar-refractivity contribution in [3.05, 3.63) is 42.5 Å². The van der Waals surface area contributed by atoms with Crippen LogP contribution in [-0.2, 0) is 20.6 Å². The number of halogens is 3. The Hall–Kier alpha value is -3.26. The van der Waals surface area contributed by atoms with Gasteiger partial charge in [-0.15, -0.1) is 13.2 Å². The second-order valence-corrected chi connectivity index (χ2v) is 11.4. The molecule has 2 heterocycles. The number of aromatic nitrogens is 4. The minimum Gasteiger partial charge on any atom is -0.480 e. The molecule has 0 saturated heterocycles. The van der Waals surface area contributed by atoms with Crippen molar-refractivity contribution in [3.8, 4) is 5.75 Å². The van der Waals surface area contributed by atoms with Crippen LogP contribution in [0.5, 0.6) is 5.75 Å². The van der Waals surface area contributed by atoms with Crippen LogP contribution in [0.15, 0.2) is 36.9 Å². The number of hydrogen-bond acceptors (Lipinski definition) is 8. The van der Waals surface area contributed by atoms with Gasteiger partial charge in [0.1, 0.15) is 29.5 Å². The third-order valence-electron chi connectivity index (χ3n) is 5.43. The van der Waals surface area contributed by atoms with Crippen molar-refractivity contribution >= 4 is 30.4 Å². The summed E-state index contributed by atoms with van der Waals surface area (Å²) in [6.45, 7) is 6.33. The lowest BCUT2D eigenvalue weighted by Gasteiger charge is -2.32. The maximum atomic E-state index is 13.9. The van der Waals surface area contributed by atoms with Gasteiger partial charge in [0.15, 0.2) is 11.5 Å². The Kier molecular flexibility index (Phi) is 8.66. The number of carboxylic acids is 1. The number of aliphatic carboxylic acids is 1. The number of nitrogens with zero attached hydrogens (tertiary/aromatic N) is 4. The number of alkyl halides is 3. The molecule has 0 unspecified atom stereocenters. The number of carboxylic acid groups (broad SMARTS) is 1. The molecule has 12 nitrogen and oxygen atoms in total. The highest BCUT2D eigenvalue weighted by atomic mass is 31.2. The Bertz CT molecular complexity index is 1320. The van der Waals surface area contributed by atoms with E-state index in [1.165, 1.54) is 38.6 Å². The summed E-state index contributed by atoms with van der Waals surface area (Å²) in [6, 6.07) is 4.36. The monoisotopic (exact) mass is 559 g/mol. The van der Waals surface area contributed by atoms with Gasteiger partial charge in [0.25, 0.3) is 0 Å². The van der Waals surface area contributed by atoms with E-state index < -0.39 is 49.6 Å². The minimum atomic E-state index is -4.83. The fourth-order valence-corrected chi connectivity index (χ4v) is 5.98. The Morgan fingerprint density at radius 3 is 2.45 bits per heavy atom. The molecule has 1 aromatic carbocycles. The fourth-order valence-electron chi connectivity index (χ4n) is 3.54. The average molecular weight is 559 g/mol. The summed E-state index contributed by atoms with van der Waals surface area (Å²) >= 11 is 0. The van der Waals surface area contributed by atoms with Gasteiger partial charge in [-0.05, 0) is 45.4 Å². The topological polar surface area (TPSA) is 167 Å². The van der Waals surface area contributed by atoms with Gasteiger partial charge in [0, 0.05) is 6.04 Å². The lowest BCUT2D eigenvalue weighted by atomic mass is 10.1. The third-order valence-corrected chi connectivity index (χ3v) is 7.67. The van der Waals surface area contributed by atoms with Gasteiger partial charge in [-0.3, -0.25) is 9.36 Å². The number of carbonyl (C=O) groups is 1. The van der Waals surface area contributed by atoms with Crippen molar-refractivity contribution in [2.24, 2.45) is 0 Å². The van der Waals surface area contributed by atoms with Crippen LogP contribution >= 0.6 is 7.44 Å². The number of rotatable bonds is 12. The maximum Gasteiger partial charge on any atom is 0.573 e. The summed E-state index contributed by atoms with van der Waals surface area (Å²) < 4.78 is 62.7. The van der Waals surface area contributed by atoms with Crippen LogP contribution < -0.4 is 20.6 Å². The lowest BCUT2D eigenvalue weighted by molar-refractivity contribution is -0.274. The number of nitrogen functional groups attached to an aromatic ring is 1. The van der Waals surface area contributed by atoms with Gasteiger partial charge < -0.3 is 24.9 Å². The number of imidazole rings is 1. The van der Waals surface area contributed by atoms with E-state index in [4.69, 9.17) is 10.5 Å². The van der Waals surface area contributed by atoms with Gasteiger partial charge >= 0.3 is 12.3 Å². The van der Waals surface area contributed by atoms with E-state index in [0.717, 1.165) is 12.1 Å². The smallest absolute Gasteiger partial charge is 0.480 e. The van der Waals surface area contributed by atoms with Crippen molar-refractivity contribution in [3.63, 3.8) is 0 Å². The molecule has 0 aliphatic carbocycles. The van der Waals surface area contributed by atoms with Crippen molar-refractivity contribution in [1.29, 1.82) is 0 Å². The molecule has 2 aromatic heterocycles. The molecule has 0 aliphatic rings. The van der Waals surface area contributed by atoms with Gasteiger partial charge in [0.2, 0.25) is 7.44 Å². The maximum absolute atomic E-state index is 13.9. The van der Waals surface area contributed by atoms with Crippen molar-refractivity contribution in [2.45, 2.75) is 58.3 Å². The molecule has 38 heavy (non-hydrogen) atoms. The molecule has 0 radical (unpaired) electrons. The number of nitrogens with two attached hydrogens (primary N) is 1. The van der Waals surface area contributed by atoms with Crippen LogP contribution in [0.1, 0.15) is 39.3 Å². The minimum absolute atomic E-state index is 0.225. The summed E-state index contributed by atoms with van der Waals surface area (Å²) in [5, 5.41) is 15.1. The van der Waals surface area contributed by atoms with Crippen LogP contribution in [0.25, 0.3) is 11.2 Å². The van der Waals surface area contributed by atoms with E-state index >= 15 is 0 Å². The molecule has 3 atom stereocenters. The van der Waals surface area contributed by atoms with Gasteiger partial charge in [0.05, 0.1) is 19.0 Å². The molecule has 0 aliphatic heterocycles. The molecule has 0 saturated carbocycles. The Morgan fingerprint density at radius 1 is 1.18 bits per heavy atom. The molecule has 5 N–H and O–H groups in total. The highest BCUT2D eigenvalue weighted by Gasteiger charge is 2.37. The number of benzene rings is 1. The van der Waals surface area contributed by atoms with Crippen LogP contribution in [0.3, 0.4) is 0 Å². The van der Waals surface area contributed by atoms with Crippen LogP contribution in [0.4, 0.5) is 19.0 Å². The second-order valence-electron chi connectivity index (χ2n) is 9.18.